The molecule has 0 saturated carbocycles. The molecule has 4 nitrogen and oxygen atoms in total. The van der Waals surface area contributed by atoms with E-state index in [9.17, 15) is 0 Å². The van der Waals surface area contributed by atoms with Crippen LogP contribution in [0.3, 0.4) is 0 Å². The summed E-state index contributed by atoms with van der Waals surface area (Å²) in [6, 6.07) is 0. The minimum absolute atomic E-state index is 0.107. The van der Waals surface area contributed by atoms with Gasteiger partial charge in [-0.2, -0.15) is 9.97 Å². The van der Waals surface area contributed by atoms with Crippen LogP contribution in [0.4, 0.5) is 5.95 Å². The van der Waals surface area contributed by atoms with E-state index in [1.165, 1.54) is 0 Å². The summed E-state index contributed by atoms with van der Waals surface area (Å²) in [6.45, 7) is 15.0. The van der Waals surface area contributed by atoms with E-state index in [1.807, 2.05) is 0 Å². The van der Waals surface area contributed by atoms with Gasteiger partial charge >= 0.3 is 0 Å². The van der Waals surface area contributed by atoms with E-state index in [-0.39, 0.29) is 5.41 Å². The summed E-state index contributed by atoms with van der Waals surface area (Å²) in [5.41, 5.74) is 5.73. The quantitative estimate of drug-likeness (QED) is 0.895. The highest BCUT2D eigenvalue weighted by atomic mass is 15.1. The first-order chi connectivity index (χ1) is 8.12. The van der Waals surface area contributed by atoms with Gasteiger partial charge < -0.3 is 5.73 Å². The summed E-state index contributed by atoms with van der Waals surface area (Å²) in [4.78, 5) is 13.3. The maximum atomic E-state index is 5.83. The molecular weight excluding hydrogens is 224 g/mol. The van der Waals surface area contributed by atoms with Gasteiger partial charge in [0.25, 0.3) is 0 Å². The molecule has 0 spiro atoms. The molecule has 0 aliphatic heterocycles. The molecular formula is C14H26N4. The first-order valence-corrected chi connectivity index (χ1v) is 6.65. The Morgan fingerprint density at radius 2 is 1.39 bits per heavy atom. The predicted molar refractivity (Wildman–Crippen MR) is 75.4 cm³/mol. The maximum Gasteiger partial charge on any atom is 0.223 e. The molecule has 18 heavy (non-hydrogen) atoms. The summed E-state index contributed by atoms with van der Waals surface area (Å²) < 4.78 is 0. The Morgan fingerprint density at radius 1 is 0.889 bits per heavy atom. The normalized spacial score (nSPS) is 12.8. The van der Waals surface area contributed by atoms with Gasteiger partial charge in [0.1, 0.15) is 11.6 Å². The van der Waals surface area contributed by atoms with E-state index in [1.54, 1.807) is 0 Å². The number of nitrogens with zero attached hydrogens (tertiary/aromatic N) is 3. The molecule has 0 aliphatic carbocycles. The Morgan fingerprint density at radius 3 is 1.78 bits per heavy atom. The molecule has 1 aromatic heterocycles. The van der Waals surface area contributed by atoms with Crippen LogP contribution in [0.1, 0.15) is 66.0 Å². The molecule has 0 bridgehead atoms. The zero-order valence-corrected chi connectivity index (χ0v) is 12.7. The van der Waals surface area contributed by atoms with E-state index in [0.717, 1.165) is 11.6 Å². The molecule has 1 rings (SSSR count). The van der Waals surface area contributed by atoms with Gasteiger partial charge in [-0.3, -0.25) is 0 Å². The van der Waals surface area contributed by atoms with Crippen LogP contribution in [0.5, 0.6) is 0 Å². The highest BCUT2D eigenvalue weighted by molar-refractivity contribution is 5.20. The van der Waals surface area contributed by atoms with Crippen LogP contribution in [0.15, 0.2) is 0 Å². The van der Waals surface area contributed by atoms with Crippen LogP contribution >= 0.6 is 0 Å². The van der Waals surface area contributed by atoms with Crippen molar-refractivity contribution in [1.82, 2.24) is 15.0 Å². The third kappa shape index (κ3) is 3.40. The standard InChI is InChI=1S/C14H26N4/c1-8(2)10(9(3)4)11-16-12(14(5,6)7)18-13(15)17-11/h8-10H,1-7H3,(H2,15,16,17,18). The van der Waals surface area contributed by atoms with Crippen molar-refractivity contribution in [1.29, 1.82) is 0 Å². The van der Waals surface area contributed by atoms with Crippen molar-refractivity contribution >= 4 is 5.95 Å². The van der Waals surface area contributed by atoms with Crippen LogP contribution in [-0.2, 0) is 5.41 Å². The van der Waals surface area contributed by atoms with Crippen LogP contribution in [-0.4, -0.2) is 15.0 Å². The van der Waals surface area contributed by atoms with Gasteiger partial charge in [0.2, 0.25) is 5.95 Å². The van der Waals surface area contributed by atoms with E-state index in [0.29, 0.717) is 23.7 Å². The third-order valence-electron chi connectivity index (χ3n) is 3.08. The van der Waals surface area contributed by atoms with Crippen LogP contribution in [0, 0.1) is 11.8 Å². The van der Waals surface area contributed by atoms with Crippen LogP contribution in [0.25, 0.3) is 0 Å². The number of nitrogen functional groups attached to an aromatic ring is 1. The lowest BCUT2D eigenvalue weighted by molar-refractivity contribution is 0.366. The molecule has 1 aromatic rings. The second-order valence-corrected chi connectivity index (χ2v) is 6.64. The average Bonchev–Trinajstić information content (AvgIpc) is 2.13. The van der Waals surface area contributed by atoms with Crippen molar-refractivity contribution in [2.24, 2.45) is 11.8 Å². The second-order valence-electron chi connectivity index (χ2n) is 6.64. The zero-order chi connectivity index (χ0) is 14.1. The smallest absolute Gasteiger partial charge is 0.223 e. The molecule has 2 N–H and O–H groups in total. The van der Waals surface area contributed by atoms with Gasteiger partial charge in [-0.05, 0) is 11.8 Å². The molecule has 0 atom stereocenters. The number of nitrogens with two attached hydrogens (primary N) is 1. The van der Waals surface area contributed by atoms with Gasteiger partial charge in [0.15, 0.2) is 0 Å². The number of anilines is 1. The predicted octanol–water partition coefficient (Wildman–Crippen LogP) is 3.15. The Kier molecular flexibility index (Phi) is 4.30. The first kappa shape index (κ1) is 14.9. The van der Waals surface area contributed by atoms with Crippen molar-refractivity contribution in [2.75, 3.05) is 5.73 Å². The topological polar surface area (TPSA) is 64.7 Å². The van der Waals surface area contributed by atoms with Crippen molar-refractivity contribution in [3.63, 3.8) is 0 Å². The van der Waals surface area contributed by atoms with E-state index < -0.39 is 0 Å². The fourth-order valence-electron chi connectivity index (χ4n) is 2.26. The lowest BCUT2D eigenvalue weighted by Gasteiger charge is -2.25. The summed E-state index contributed by atoms with van der Waals surface area (Å²) in [6.07, 6.45) is 0. The monoisotopic (exact) mass is 250 g/mol. The molecule has 0 aromatic carbocycles. The third-order valence-corrected chi connectivity index (χ3v) is 3.08. The first-order valence-electron chi connectivity index (χ1n) is 6.65. The summed E-state index contributed by atoms with van der Waals surface area (Å²) in [7, 11) is 0. The number of hydrogen-bond donors (Lipinski definition) is 1. The fourth-order valence-corrected chi connectivity index (χ4v) is 2.26. The molecule has 4 heteroatoms. The second kappa shape index (κ2) is 5.21. The van der Waals surface area contributed by atoms with Crippen molar-refractivity contribution in [3.8, 4) is 0 Å². The Labute approximate surface area is 110 Å². The van der Waals surface area contributed by atoms with Crippen molar-refractivity contribution in [2.45, 2.75) is 59.8 Å². The van der Waals surface area contributed by atoms with E-state index in [4.69, 9.17) is 5.73 Å². The largest absolute Gasteiger partial charge is 0.368 e. The fraction of sp³-hybridized carbons (Fsp3) is 0.786. The summed E-state index contributed by atoms with van der Waals surface area (Å²) >= 11 is 0. The highest BCUT2D eigenvalue weighted by Gasteiger charge is 2.26. The highest BCUT2D eigenvalue weighted by Crippen LogP contribution is 2.30. The minimum atomic E-state index is -0.107. The number of hydrogen-bond acceptors (Lipinski definition) is 4. The van der Waals surface area contributed by atoms with Gasteiger partial charge in [-0.15, -0.1) is 0 Å². The Bertz CT molecular complexity index is 397. The molecule has 0 unspecified atom stereocenters. The number of aromatic nitrogens is 3. The lowest BCUT2D eigenvalue weighted by Crippen LogP contribution is -2.23. The molecule has 102 valence electrons. The van der Waals surface area contributed by atoms with Gasteiger partial charge in [-0.25, -0.2) is 4.98 Å². The lowest BCUT2D eigenvalue weighted by atomic mass is 9.84. The van der Waals surface area contributed by atoms with Gasteiger partial charge in [-0.1, -0.05) is 48.5 Å². The van der Waals surface area contributed by atoms with Gasteiger partial charge in [0.05, 0.1) is 0 Å². The average molecular weight is 250 g/mol. The molecule has 0 radical (unpaired) electrons. The van der Waals surface area contributed by atoms with E-state index >= 15 is 0 Å². The molecule has 0 saturated heterocycles. The summed E-state index contributed by atoms with van der Waals surface area (Å²) in [5, 5.41) is 0. The van der Waals surface area contributed by atoms with Gasteiger partial charge in [0, 0.05) is 11.3 Å². The summed E-state index contributed by atoms with van der Waals surface area (Å²) in [5.74, 6) is 3.22. The van der Waals surface area contributed by atoms with E-state index in [2.05, 4.69) is 63.4 Å². The zero-order valence-electron chi connectivity index (χ0n) is 12.7. The van der Waals surface area contributed by atoms with Crippen molar-refractivity contribution < 1.29 is 0 Å². The van der Waals surface area contributed by atoms with Crippen LogP contribution < -0.4 is 5.73 Å². The maximum absolute atomic E-state index is 5.83. The molecule has 0 aliphatic rings. The Balaban J connectivity index is 3.28. The van der Waals surface area contributed by atoms with Crippen LogP contribution in [0.2, 0.25) is 0 Å². The molecule has 0 fully saturated rings. The minimum Gasteiger partial charge on any atom is -0.368 e. The molecule has 0 amide bonds. The Hall–Kier alpha value is -1.19. The SMILES string of the molecule is CC(C)C(c1nc(N)nc(C(C)(C)C)n1)C(C)C. The number of rotatable bonds is 3. The van der Waals surface area contributed by atoms with Crippen molar-refractivity contribution in [3.05, 3.63) is 11.6 Å². The molecule has 1 heterocycles.